The van der Waals surface area contributed by atoms with E-state index in [2.05, 4.69) is 15.0 Å². The SMILES string of the molecule is Cc1c(OCC2COC(C)(C)OC2)ccnc1CS(=O)c1nc2cc3c(cc2[n-]1)OCCO3.[Na+]. The van der Waals surface area contributed by atoms with Gasteiger partial charge in [-0.05, 0) is 50.0 Å². The maximum Gasteiger partial charge on any atom is 1.00 e. The predicted octanol–water partition coefficient (Wildman–Crippen LogP) is -0.244. The van der Waals surface area contributed by atoms with E-state index < -0.39 is 16.6 Å². The molecule has 1 fully saturated rings. The fourth-order valence-corrected chi connectivity index (χ4v) is 4.73. The number of pyridine rings is 1. The molecule has 1 atom stereocenters. The molecule has 11 heteroatoms. The molecule has 0 radical (unpaired) electrons. The molecule has 176 valence electrons. The van der Waals surface area contributed by atoms with Crippen LogP contribution in [0.5, 0.6) is 17.2 Å². The maximum atomic E-state index is 13.0. The van der Waals surface area contributed by atoms with E-state index in [1.54, 1.807) is 18.3 Å². The van der Waals surface area contributed by atoms with Gasteiger partial charge in [0.25, 0.3) is 0 Å². The topological polar surface area (TPSA) is 103 Å². The molecule has 2 aliphatic rings. The van der Waals surface area contributed by atoms with Crippen molar-refractivity contribution in [3.05, 3.63) is 35.7 Å². The van der Waals surface area contributed by atoms with Crippen LogP contribution in [0.15, 0.2) is 29.6 Å². The second-order valence-electron chi connectivity index (χ2n) is 8.56. The first-order valence-electron chi connectivity index (χ1n) is 10.9. The van der Waals surface area contributed by atoms with Crippen molar-refractivity contribution in [1.29, 1.82) is 0 Å². The Morgan fingerprint density at radius 3 is 2.62 bits per heavy atom. The minimum atomic E-state index is -1.47. The Morgan fingerprint density at radius 1 is 1.18 bits per heavy atom. The fourth-order valence-electron chi connectivity index (χ4n) is 3.66. The summed E-state index contributed by atoms with van der Waals surface area (Å²) in [4.78, 5) is 13.3. The summed E-state index contributed by atoms with van der Waals surface area (Å²) in [5, 5.41) is 0.263. The van der Waals surface area contributed by atoms with Gasteiger partial charge in [0.05, 0.1) is 42.1 Å². The van der Waals surface area contributed by atoms with Gasteiger partial charge in [-0.2, -0.15) is 0 Å². The molecule has 0 spiro atoms. The zero-order chi connectivity index (χ0) is 23.0. The molecule has 0 bridgehead atoms. The summed E-state index contributed by atoms with van der Waals surface area (Å²) >= 11 is 0. The van der Waals surface area contributed by atoms with Gasteiger partial charge in [0, 0.05) is 22.8 Å². The van der Waals surface area contributed by atoms with Crippen LogP contribution in [0.3, 0.4) is 0 Å². The predicted molar refractivity (Wildman–Crippen MR) is 120 cm³/mol. The van der Waals surface area contributed by atoms with Crippen LogP contribution in [-0.2, 0) is 26.0 Å². The average Bonchev–Trinajstić information content (AvgIpc) is 3.22. The number of benzene rings is 1. The van der Waals surface area contributed by atoms with Crippen LogP contribution in [-0.4, -0.2) is 53.0 Å². The number of aromatic nitrogens is 3. The van der Waals surface area contributed by atoms with E-state index in [-0.39, 0.29) is 46.4 Å². The van der Waals surface area contributed by atoms with Crippen molar-refractivity contribution in [2.75, 3.05) is 33.0 Å². The first-order chi connectivity index (χ1) is 15.9. The smallest absolute Gasteiger partial charge is 0.493 e. The normalized spacial score (nSPS) is 18.3. The second-order valence-corrected chi connectivity index (χ2v) is 9.91. The summed E-state index contributed by atoms with van der Waals surface area (Å²) < 4.78 is 41.6. The van der Waals surface area contributed by atoms with Crippen LogP contribution < -0.4 is 48.8 Å². The summed E-state index contributed by atoms with van der Waals surface area (Å²) in [5.41, 5.74) is 2.79. The van der Waals surface area contributed by atoms with Crippen molar-refractivity contribution in [2.24, 2.45) is 5.92 Å². The molecule has 3 aromatic rings. The quantitative estimate of drug-likeness (QED) is 0.429. The molecule has 9 nitrogen and oxygen atoms in total. The molecule has 1 aromatic carbocycles. The maximum absolute atomic E-state index is 13.0. The van der Waals surface area contributed by atoms with E-state index >= 15 is 0 Å². The number of fused-ring (bicyclic) bond motifs is 2. The largest absolute Gasteiger partial charge is 1.00 e. The van der Waals surface area contributed by atoms with Gasteiger partial charge in [0.15, 0.2) is 17.3 Å². The van der Waals surface area contributed by atoms with E-state index in [9.17, 15) is 4.21 Å². The van der Waals surface area contributed by atoms with Crippen LogP contribution >= 0.6 is 0 Å². The molecule has 0 amide bonds. The second kappa shape index (κ2) is 10.5. The third-order valence-corrected chi connectivity index (χ3v) is 6.74. The van der Waals surface area contributed by atoms with Crippen molar-refractivity contribution in [3.8, 4) is 17.2 Å². The van der Waals surface area contributed by atoms with Crippen molar-refractivity contribution < 1.29 is 57.5 Å². The van der Waals surface area contributed by atoms with Gasteiger partial charge in [-0.15, -0.1) is 0 Å². The van der Waals surface area contributed by atoms with Crippen LogP contribution in [0.1, 0.15) is 25.1 Å². The summed E-state index contributed by atoms with van der Waals surface area (Å²) in [5.74, 6) is 1.75. The van der Waals surface area contributed by atoms with Gasteiger partial charge in [0.2, 0.25) is 0 Å². The number of imidazole rings is 1. The number of rotatable bonds is 6. The van der Waals surface area contributed by atoms with Gasteiger partial charge in [0.1, 0.15) is 19.0 Å². The fraction of sp³-hybridized carbons (Fsp3) is 0.478. The van der Waals surface area contributed by atoms with Crippen molar-refractivity contribution in [3.63, 3.8) is 0 Å². The molecule has 0 saturated carbocycles. The third-order valence-electron chi connectivity index (χ3n) is 5.61. The zero-order valence-electron chi connectivity index (χ0n) is 19.8. The van der Waals surface area contributed by atoms with Crippen molar-refractivity contribution >= 4 is 21.8 Å². The summed E-state index contributed by atoms with van der Waals surface area (Å²) in [6.07, 6.45) is 1.66. The van der Waals surface area contributed by atoms with Gasteiger partial charge >= 0.3 is 29.6 Å². The number of hydrogen-bond donors (Lipinski definition) is 0. The summed E-state index contributed by atoms with van der Waals surface area (Å²) in [6, 6.07) is 5.36. The molecule has 4 heterocycles. The van der Waals surface area contributed by atoms with Gasteiger partial charge in [-0.25, -0.2) is 0 Å². The van der Waals surface area contributed by atoms with Crippen molar-refractivity contribution in [1.82, 2.24) is 15.0 Å². The number of hydrogen-bond acceptors (Lipinski definition) is 8. The minimum absolute atomic E-state index is 0. The molecule has 5 rings (SSSR count). The molecule has 34 heavy (non-hydrogen) atoms. The van der Waals surface area contributed by atoms with E-state index in [1.165, 1.54) is 0 Å². The monoisotopic (exact) mass is 495 g/mol. The summed E-state index contributed by atoms with van der Waals surface area (Å²) in [7, 11) is -1.47. The zero-order valence-corrected chi connectivity index (χ0v) is 22.6. The molecule has 2 aliphatic heterocycles. The molecule has 1 unspecified atom stereocenters. The molecular formula is C23H26N3NaO6S. The minimum Gasteiger partial charge on any atom is -0.493 e. The Hall–Kier alpha value is -1.69. The molecule has 1 saturated heterocycles. The average molecular weight is 496 g/mol. The number of ether oxygens (including phenoxy) is 5. The van der Waals surface area contributed by atoms with E-state index in [1.807, 2.05) is 26.8 Å². The molecule has 0 aliphatic carbocycles. The van der Waals surface area contributed by atoms with Crippen LogP contribution in [0.4, 0.5) is 0 Å². The van der Waals surface area contributed by atoms with E-state index in [4.69, 9.17) is 23.7 Å². The third kappa shape index (κ3) is 5.58. The Bertz CT molecular complexity index is 1150. The van der Waals surface area contributed by atoms with E-state index in [0.717, 1.165) is 5.56 Å². The Kier molecular flexibility index (Phi) is 7.85. The van der Waals surface area contributed by atoms with Crippen LogP contribution in [0.2, 0.25) is 0 Å². The number of nitrogens with zero attached hydrogens (tertiary/aromatic N) is 3. The van der Waals surface area contributed by atoms with Gasteiger partial charge in [-0.1, -0.05) is 0 Å². The molecule has 0 N–H and O–H groups in total. The summed E-state index contributed by atoms with van der Waals surface area (Å²) in [6.45, 7) is 8.33. The molecular weight excluding hydrogens is 469 g/mol. The van der Waals surface area contributed by atoms with Gasteiger partial charge in [-0.3, -0.25) is 9.19 Å². The molecule has 2 aromatic heterocycles. The Morgan fingerprint density at radius 2 is 1.88 bits per heavy atom. The van der Waals surface area contributed by atoms with E-state index in [0.29, 0.717) is 67.0 Å². The Balaban J connectivity index is 0.00000274. The van der Waals surface area contributed by atoms with Crippen LogP contribution in [0.25, 0.3) is 11.0 Å². The Labute approximate surface area is 222 Å². The standard InChI is InChI=1S/C23H26N3O6S.Na/c1-14-18(24-5-4-19(14)30-10-15-11-31-23(2,3)32-12-15)13-33(27)22-25-16-8-20-21(9-17(16)26-22)29-7-6-28-20;/h4-5,8-9,15H,6-7,10-13H2,1-3H3;/q-1;+1. The first kappa shape index (κ1) is 25.4. The first-order valence-corrected chi connectivity index (χ1v) is 12.2. The van der Waals surface area contributed by atoms with Gasteiger partial charge < -0.3 is 33.7 Å². The van der Waals surface area contributed by atoms with Crippen LogP contribution in [0, 0.1) is 12.8 Å². The van der Waals surface area contributed by atoms with Crippen molar-refractivity contribution in [2.45, 2.75) is 37.5 Å².